The minimum Gasteiger partial charge on any atom is -0.497 e. The van der Waals surface area contributed by atoms with Crippen LogP contribution < -0.4 is 9.64 Å². The minimum absolute atomic E-state index is 0.0164. The van der Waals surface area contributed by atoms with Crippen LogP contribution in [0.1, 0.15) is 0 Å². The van der Waals surface area contributed by atoms with Crippen LogP contribution in [-0.4, -0.2) is 28.3 Å². The van der Waals surface area contributed by atoms with Gasteiger partial charge in [-0.3, -0.25) is 0 Å². The van der Waals surface area contributed by atoms with Crippen LogP contribution in [0.2, 0.25) is 5.28 Å². The Bertz CT molecular complexity index is 589. The van der Waals surface area contributed by atoms with E-state index in [4.69, 9.17) is 16.3 Å². The standard InChI is InChI=1S/C12H10ClN3O3/c1-19-9-4-2-8(3-5-9)16(12(17)18)10-6-7-14-11(13)15-10/h2-7H,1H3,(H,17,18). The van der Waals surface area contributed by atoms with Gasteiger partial charge in [-0.1, -0.05) is 0 Å². The lowest BCUT2D eigenvalue weighted by Crippen LogP contribution is -2.24. The average molecular weight is 280 g/mol. The maximum atomic E-state index is 11.4. The minimum atomic E-state index is -1.17. The monoisotopic (exact) mass is 279 g/mol. The second-order valence-electron chi connectivity index (χ2n) is 3.50. The highest BCUT2D eigenvalue weighted by Crippen LogP contribution is 2.26. The third kappa shape index (κ3) is 2.92. The zero-order valence-corrected chi connectivity index (χ0v) is 10.7. The van der Waals surface area contributed by atoms with Gasteiger partial charge in [-0.05, 0) is 35.9 Å². The van der Waals surface area contributed by atoms with Gasteiger partial charge in [0.15, 0.2) is 0 Å². The summed E-state index contributed by atoms with van der Waals surface area (Å²) in [6.07, 6.45) is 0.226. The van der Waals surface area contributed by atoms with Gasteiger partial charge in [-0.2, -0.15) is 4.98 Å². The fourth-order valence-corrected chi connectivity index (χ4v) is 1.67. The molecule has 0 bridgehead atoms. The highest BCUT2D eigenvalue weighted by molar-refractivity contribution is 6.28. The molecule has 0 atom stereocenters. The topological polar surface area (TPSA) is 75.5 Å². The van der Waals surface area contributed by atoms with Crippen LogP contribution in [0.3, 0.4) is 0 Å². The fraction of sp³-hybridized carbons (Fsp3) is 0.0833. The molecule has 1 N–H and O–H groups in total. The summed E-state index contributed by atoms with van der Waals surface area (Å²) in [5.74, 6) is 0.812. The Balaban J connectivity index is 2.42. The first-order valence-electron chi connectivity index (χ1n) is 5.27. The molecule has 0 saturated heterocycles. The Morgan fingerprint density at radius 3 is 2.53 bits per heavy atom. The number of anilines is 2. The molecule has 2 rings (SSSR count). The summed E-state index contributed by atoms with van der Waals surface area (Å²) in [5.41, 5.74) is 0.433. The van der Waals surface area contributed by atoms with E-state index in [-0.39, 0.29) is 11.1 Å². The number of ether oxygens (including phenoxy) is 1. The zero-order chi connectivity index (χ0) is 13.8. The van der Waals surface area contributed by atoms with E-state index in [1.54, 1.807) is 24.3 Å². The third-order valence-corrected chi connectivity index (χ3v) is 2.54. The first-order valence-corrected chi connectivity index (χ1v) is 5.65. The van der Waals surface area contributed by atoms with Gasteiger partial charge in [0, 0.05) is 12.3 Å². The van der Waals surface area contributed by atoms with E-state index in [9.17, 15) is 9.90 Å². The summed E-state index contributed by atoms with van der Waals surface area (Å²) in [4.78, 5) is 20.0. The summed E-state index contributed by atoms with van der Waals surface area (Å²) >= 11 is 5.67. The summed E-state index contributed by atoms with van der Waals surface area (Å²) in [7, 11) is 1.54. The van der Waals surface area contributed by atoms with Crippen molar-refractivity contribution in [3.05, 3.63) is 41.8 Å². The number of benzene rings is 1. The number of carboxylic acid groups (broad SMARTS) is 1. The van der Waals surface area contributed by atoms with Crippen LogP contribution in [0, 0.1) is 0 Å². The van der Waals surface area contributed by atoms with E-state index < -0.39 is 6.09 Å². The van der Waals surface area contributed by atoms with Crippen LogP contribution in [0.5, 0.6) is 5.75 Å². The maximum absolute atomic E-state index is 11.4. The maximum Gasteiger partial charge on any atom is 0.417 e. The number of rotatable bonds is 3. The van der Waals surface area contributed by atoms with Crippen LogP contribution in [0.25, 0.3) is 0 Å². The van der Waals surface area contributed by atoms with Crippen molar-refractivity contribution in [3.63, 3.8) is 0 Å². The molecule has 1 heterocycles. The van der Waals surface area contributed by atoms with Gasteiger partial charge < -0.3 is 9.84 Å². The molecule has 0 spiro atoms. The second kappa shape index (κ2) is 5.53. The SMILES string of the molecule is COc1ccc(N(C(=O)O)c2ccnc(Cl)n2)cc1. The molecule has 6 nitrogen and oxygen atoms in total. The first kappa shape index (κ1) is 13.1. The number of hydrogen-bond acceptors (Lipinski definition) is 4. The van der Waals surface area contributed by atoms with E-state index in [0.717, 1.165) is 4.90 Å². The Morgan fingerprint density at radius 1 is 1.32 bits per heavy atom. The van der Waals surface area contributed by atoms with Gasteiger partial charge in [0.2, 0.25) is 5.28 Å². The van der Waals surface area contributed by atoms with Gasteiger partial charge in [0.05, 0.1) is 12.8 Å². The Labute approximate surface area is 114 Å². The molecule has 1 aromatic carbocycles. The number of amides is 1. The summed E-state index contributed by atoms with van der Waals surface area (Å²) < 4.78 is 5.02. The molecule has 1 aromatic heterocycles. The zero-order valence-electron chi connectivity index (χ0n) is 9.95. The molecule has 1 amide bonds. The molecule has 19 heavy (non-hydrogen) atoms. The van der Waals surface area contributed by atoms with Crippen molar-refractivity contribution in [1.29, 1.82) is 0 Å². The fourth-order valence-electron chi connectivity index (χ4n) is 1.52. The van der Waals surface area contributed by atoms with E-state index in [0.29, 0.717) is 11.4 Å². The number of carbonyl (C=O) groups is 1. The lowest BCUT2D eigenvalue weighted by Gasteiger charge is -2.18. The highest BCUT2D eigenvalue weighted by atomic mass is 35.5. The largest absolute Gasteiger partial charge is 0.497 e. The number of hydrogen-bond donors (Lipinski definition) is 1. The molecule has 2 aromatic rings. The van der Waals surface area contributed by atoms with Gasteiger partial charge >= 0.3 is 6.09 Å². The smallest absolute Gasteiger partial charge is 0.417 e. The predicted octanol–water partition coefficient (Wildman–Crippen LogP) is 2.95. The Morgan fingerprint density at radius 2 is 2.00 bits per heavy atom. The Kier molecular flexibility index (Phi) is 3.82. The summed E-state index contributed by atoms with van der Waals surface area (Å²) in [5, 5.41) is 9.27. The Hall–Kier alpha value is -2.34. The van der Waals surface area contributed by atoms with E-state index >= 15 is 0 Å². The predicted molar refractivity (Wildman–Crippen MR) is 70.2 cm³/mol. The molecule has 0 fully saturated rings. The molecule has 0 unspecified atom stereocenters. The molecule has 0 radical (unpaired) electrons. The molecule has 98 valence electrons. The van der Waals surface area contributed by atoms with Crippen LogP contribution in [0.4, 0.5) is 16.3 Å². The van der Waals surface area contributed by atoms with E-state index in [1.165, 1.54) is 19.4 Å². The van der Waals surface area contributed by atoms with Gasteiger partial charge in [-0.15, -0.1) is 0 Å². The van der Waals surface area contributed by atoms with Crippen LogP contribution in [0.15, 0.2) is 36.5 Å². The van der Waals surface area contributed by atoms with Crippen LogP contribution in [-0.2, 0) is 0 Å². The van der Waals surface area contributed by atoms with Crippen molar-refractivity contribution in [2.45, 2.75) is 0 Å². The molecule has 0 aliphatic heterocycles. The first-order chi connectivity index (χ1) is 9.11. The van der Waals surface area contributed by atoms with Crippen molar-refractivity contribution < 1.29 is 14.6 Å². The normalized spacial score (nSPS) is 10.0. The van der Waals surface area contributed by atoms with E-state index in [2.05, 4.69) is 9.97 Å². The number of halogens is 1. The molecule has 0 aliphatic carbocycles. The summed E-state index contributed by atoms with van der Waals surface area (Å²) in [6.45, 7) is 0. The molecule has 7 heteroatoms. The molecular formula is C12H10ClN3O3. The second-order valence-corrected chi connectivity index (χ2v) is 3.84. The van der Waals surface area contributed by atoms with Crippen molar-refractivity contribution in [3.8, 4) is 5.75 Å². The van der Waals surface area contributed by atoms with Crippen molar-refractivity contribution >= 4 is 29.2 Å². The van der Waals surface area contributed by atoms with Crippen molar-refractivity contribution in [1.82, 2.24) is 9.97 Å². The number of aromatic nitrogens is 2. The molecule has 0 saturated carbocycles. The lowest BCUT2D eigenvalue weighted by molar-refractivity contribution is 0.204. The lowest BCUT2D eigenvalue weighted by atomic mass is 10.3. The van der Waals surface area contributed by atoms with Gasteiger partial charge in [-0.25, -0.2) is 14.7 Å². The molecular weight excluding hydrogens is 270 g/mol. The average Bonchev–Trinajstić information content (AvgIpc) is 2.39. The number of methoxy groups -OCH3 is 1. The highest BCUT2D eigenvalue weighted by Gasteiger charge is 2.18. The van der Waals surface area contributed by atoms with Crippen molar-refractivity contribution in [2.24, 2.45) is 0 Å². The van der Waals surface area contributed by atoms with Gasteiger partial charge in [0.1, 0.15) is 11.6 Å². The van der Waals surface area contributed by atoms with Gasteiger partial charge in [0.25, 0.3) is 0 Å². The van der Waals surface area contributed by atoms with Crippen LogP contribution >= 0.6 is 11.6 Å². The third-order valence-electron chi connectivity index (χ3n) is 2.36. The van der Waals surface area contributed by atoms with Crippen molar-refractivity contribution in [2.75, 3.05) is 12.0 Å². The summed E-state index contributed by atoms with van der Waals surface area (Å²) in [6, 6.07) is 8.01. The molecule has 0 aliphatic rings. The quantitative estimate of drug-likeness (QED) is 0.874. The van der Waals surface area contributed by atoms with E-state index in [1.807, 2.05) is 0 Å². The number of nitrogens with zero attached hydrogens (tertiary/aromatic N) is 3.